The first-order valence-electron chi connectivity index (χ1n) is 4.20. The molecule has 15 heavy (non-hydrogen) atoms. The molecule has 0 aliphatic heterocycles. The zero-order valence-corrected chi connectivity index (χ0v) is 9.21. The van der Waals surface area contributed by atoms with Crippen LogP contribution in [-0.4, -0.2) is 14.2 Å². The summed E-state index contributed by atoms with van der Waals surface area (Å²) < 4.78 is 10.2. The number of hydrogen-bond donors (Lipinski definition) is 0. The molecule has 0 unspecified atom stereocenters. The molecule has 0 atom stereocenters. The Morgan fingerprint density at radius 2 is 1.80 bits per heavy atom. The van der Waals surface area contributed by atoms with Crippen molar-refractivity contribution in [1.29, 1.82) is 5.26 Å². The van der Waals surface area contributed by atoms with Crippen LogP contribution in [0.15, 0.2) is 24.3 Å². The maximum absolute atomic E-state index is 8.48. The van der Waals surface area contributed by atoms with E-state index in [4.69, 9.17) is 26.3 Å². The Hall–Kier alpha value is -1.66. The predicted octanol–water partition coefficient (Wildman–Crippen LogP) is 2.81. The Bertz CT molecular complexity index is 399. The van der Waals surface area contributed by atoms with Crippen molar-refractivity contribution in [2.45, 2.75) is 0 Å². The van der Waals surface area contributed by atoms with Crippen molar-refractivity contribution in [3.05, 3.63) is 29.8 Å². The molecule has 0 saturated carbocycles. The number of benzene rings is 1. The maximum Gasteiger partial charge on any atom is 0.123 e. The monoisotopic (exact) mass is 223 g/mol. The smallest absolute Gasteiger partial charge is 0.123 e. The second-order valence-corrected chi connectivity index (χ2v) is 3.13. The summed E-state index contributed by atoms with van der Waals surface area (Å²) >= 11 is 5.89. The Kier molecular flexibility index (Phi) is 4.02. The Morgan fingerprint density at radius 3 is 2.20 bits per heavy atom. The lowest BCUT2D eigenvalue weighted by Crippen LogP contribution is -1.89. The highest BCUT2D eigenvalue weighted by Gasteiger charge is 2.04. The van der Waals surface area contributed by atoms with Gasteiger partial charge in [-0.25, -0.2) is 0 Å². The average Bonchev–Trinajstić information content (AvgIpc) is 2.28. The van der Waals surface area contributed by atoms with E-state index < -0.39 is 0 Å². The van der Waals surface area contributed by atoms with E-state index in [1.165, 1.54) is 6.08 Å². The lowest BCUT2D eigenvalue weighted by atomic mass is 10.2. The minimum absolute atomic E-state index is 0.356. The molecule has 0 fully saturated rings. The van der Waals surface area contributed by atoms with Gasteiger partial charge in [0.15, 0.2) is 0 Å². The lowest BCUT2D eigenvalue weighted by molar-refractivity contribution is 0.394. The van der Waals surface area contributed by atoms with E-state index in [1.807, 2.05) is 6.07 Å². The van der Waals surface area contributed by atoms with Crippen molar-refractivity contribution in [3.8, 4) is 17.6 Å². The SMILES string of the molecule is COc1cc(OC)cc(/C(Cl)=C/C#N)c1. The van der Waals surface area contributed by atoms with Crippen LogP contribution in [0, 0.1) is 11.3 Å². The van der Waals surface area contributed by atoms with Crippen LogP contribution in [0.25, 0.3) is 5.03 Å². The van der Waals surface area contributed by atoms with Gasteiger partial charge >= 0.3 is 0 Å². The van der Waals surface area contributed by atoms with Gasteiger partial charge in [-0.3, -0.25) is 0 Å². The van der Waals surface area contributed by atoms with Crippen molar-refractivity contribution in [1.82, 2.24) is 0 Å². The molecule has 0 radical (unpaired) electrons. The molecule has 4 heteroatoms. The summed E-state index contributed by atoms with van der Waals surface area (Å²) in [5.41, 5.74) is 0.689. The van der Waals surface area contributed by atoms with Crippen molar-refractivity contribution in [3.63, 3.8) is 0 Å². The summed E-state index contributed by atoms with van der Waals surface area (Å²) in [6.07, 6.45) is 1.26. The molecule has 0 saturated heterocycles. The third-order valence-electron chi connectivity index (χ3n) is 1.82. The highest BCUT2D eigenvalue weighted by molar-refractivity contribution is 6.49. The van der Waals surface area contributed by atoms with Gasteiger partial charge in [-0.05, 0) is 12.1 Å². The first-order valence-corrected chi connectivity index (χ1v) is 4.57. The van der Waals surface area contributed by atoms with Crippen molar-refractivity contribution < 1.29 is 9.47 Å². The number of allylic oxidation sites excluding steroid dienone is 1. The zero-order valence-electron chi connectivity index (χ0n) is 8.45. The zero-order chi connectivity index (χ0) is 11.3. The number of methoxy groups -OCH3 is 2. The highest BCUT2D eigenvalue weighted by Crippen LogP contribution is 2.28. The van der Waals surface area contributed by atoms with E-state index in [0.717, 1.165) is 0 Å². The van der Waals surface area contributed by atoms with Gasteiger partial charge in [-0.15, -0.1) is 0 Å². The van der Waals surface area contributed by atoms with E-state index in [9.17, 15) is 0 Å². The fourth-order valence-corrected chi connectivity index (χ4v) is 1.24. The van der Waals surface area contributed by atoms with Crippen LogP contribution < -0.4 is 9.47 Å². The van der Waals surface area contributed by atoms with Crippen LogP contribution in [0.5, 0.6) is 11.5 Å². The summed E-state index contributed by atoms with van der Waals surface area (Å²) in [4.78, 5) is 0. The van der Waals surface area contributed by atoms with Crippen LogP contribution in [0.3, 0.4) is 0 Å². The van der Waals surface area contributed by atoms with Crippen molar-refractivity contribution in [2.24, 2.45) is 0 Å². The Balaban J connectivity index is 3.19. The third-order valence-corrected chi connectivity index (χ3v) is 2.15. The molecular weight excluding hydrogens is 214 g/mol. The second kappa shape index (κ2) is 5.28. The first-order chi connectivity index (χ1) is 7.21. The molecule has 78 valence electrons. The van der Waals surface area contributed by atoms with Gasteiger partial charge in [0.2, 0.25) is 0 Å². The van der Waals surface area contributed by atoms with E-state index in [1.54, 1.807) is 32.4 Å². The van der Waals surface area contributed by atoms with Gasteiger partial charge in [0.05, 0.1) is 25.3 Å². The first kappa shape index (κ1) is 11.4. The summed E-state index contributed by atoms with van der Waals surface area (Å²) in [6, 6.07) is 7.07. The number of hydrogen-bond acceptors (Lipinski definition) is 3. The molecule has 0 aromatic heterocycles. The highest BCUT2D eigenvalue weighted by atomic mass is 35.5. The quantitative estimate of drug-likeness (QED) is 0.740. The van der Waals surface area contributed by atoms with Gasteiger partial charge < -0.3 is 9.47 Å². The standard InChI is InChI=1S/C11H10ClNO2/c1-14-9-5-8(11(12)3-4-13)6-10(7-9)15-2/h3,5-7H,1-2H3/b11-3-. The molecule has 0 amide bonds. The molecule has 0 aliphatic rings. The number of nitrogens with zero attached hydrogens (tertiary/aromatic N) is 1. The van der Waals surface area contributed by atoms with Gasteiger partial charge in [-0.2, -0.15) is 5.26 Å². The van der Waals surface area contributed by atoms with Gasteiger partial charge in [0, 0.05) is 17.7 Å². The number of rotatable bonds is 3. The van der Waals surface area contributed by atoms with Crippen molar-refractivity contribution in [2.75, 3.05) is 14.2 Å². The molecule has 0 bridgehead atoms. The average molecular weight is 224 g/mol. The largest absolute Gasteiger partial charge is 0.497 e. The molecule has 0 aliphatic carbocycles. The topological polar surface area (TPSA) is 42.2 Å². The molecule has 0 spiro atoms. The lowest BCUT2D eigenvalue weighted by Gasteiger charge is -2.07. The van der Waals surface area contributed by atoms with Gasteiger partial charge in [0.1, 0.15) is 11.5 Å². The van der Waals surface area contributed by atoms with Crippen LogP contribution in [0.1, 0.15) is 5.56 Å². The fourth-order valence-electron chi connectivity index (χ4n) is 1.09. The molecule has 0 N–H and O–H groups in total. The summed E-state index contributed by atoms with van der Waals surface area (Å²) in [6.45, 7) is 0. The molecule has 1 rings (SSSR count). The van der Waals surface area contributed by atoms with Gasteiger partial charge in [-0.1, -0.05) is 11.6 Å². The van der Waals surface area contributed by atoms with Gasteiger partial charge in [0.25, 0.3) is 0 Å². The van der Waals surface area contributed by atoms with Crippen LogP contribution in [0.4, 0.5) is 0 Å². The Morgan fingerprint density at radius 1 is 1.27 bits per heavy atom. The predicted molar refractivity (Wildman–Crippen MR) is 59.0 cm³/mol. The number of halogens is 1. The fraction of sp³-hybridized carbons (Fsp3) is 0.182. The second-order valence-electron chi connectivity index (χ2n) is 2.72. The van der Waals surface area contributed by atoms with E-state index in [0.29, 0.717) is 22.1 Å². The van der Waals surface area contributed by atoms with E-state index in [-0.39, 0.29) is 0 Å². The summed E-state index contributed by atoms with van der Waals surface area (Å²) in [5, 5.41) is 8.83. The molecule has 1 aromatic carbocycles. The minimum atomic E-state index is 0.356. The molecular formula is C11H10ClNO2. The molecule has 3 nitrogen and oxygen atoms in total. The third kappa shape index (κ3) is 2.90. The number of nitriles is 1. The van der Waals surface area contributed by atoms with Crippen LogP contribution in [-0.2, 0) is 0 Å². The van der Waals surface area contributed by atoms with E-state index in [2.05, 4.69) is 0 Å². The number of ether oxygens (including phenoxy) is 2. The summed E-state index contributed by atoms with van der Waals surface area (Å²) in [5.74, 6) is 1.27. The van der Waals surface area contributed by atoms with Crippen LogP contribution in [0.2, 0.25) is 0 Å². The van der Waals surface area contributed by atoms with Crippen LogP contribution >= 0.6 is 11.6 Å². The Labute approximate surface area is 93.5 Å². The van der Waals surface area contributed by atoms with E-state index >= 15 is 0 Å². The van der Waals surface area contributed by atoms with Crippen molar-refractivity contribution >= 4 is 16.6 Å². The minimum Gasteiger partial charge on any atom is -0.497 e. The summed E-state index contributed by atoms with van der Waals surface area (Å²) in [7, 11) is 3.11. The molecule has 1 aromatic rings. The normalized spacial score (nSPS) is 10.7. The molecule has 0 heterocycles. The maximum atomic E-state index is 8.48.